The molecular weight excluding hydrogens is 939 g/mol. The van der Waals surface area contributed by atoms with Gasteiger partial charge in [0.2, 0.25) is 11.8 Å². The van der Waals surface area contributed by atoms with E-state index in [1.54, 1.807) is 0 Å². The summed E-state index contributed by atoms with van der Waals surface area (Å²) >= 11 is 1.08. The second-order valence-corrected chi connectivity index (χ2v) is 20.7. The van der Waals surface area contributed by atoms with E-state index in [4.69, 9.17) is 19.5 Å². The number of imidazole rings is 1. The van der Waals surface area contributed by atoms with E-state index in [1.165, 1.54) is 46.0 Å². The minimum absolute atomic E-state index is 0.0292. The molecule has 0 spiro atoms. The maximum atomic E-state index is 12.7. The molecule has 65 heavy (non-hydrogen) atoms. The van der Waals surface area contributed by atoms with Crippen molar-refractivity contribution in [3.63, 3.8) is 0 Å². The lowest BCUT2D eigenvalue weighted by atomic mass is 9.87. The van der Waals surface area contributed by atoms with Gasteiger partial charge in [-0.3, -0.25) is 32.5 Å². The summed E-state index contributed by atoms with van der Waals surface area (Å²) < 4.78 is 62.3. The maximum Gasteiger partial charge on any atom is 0.481 e. The first kappa shape index (κ1) is 56.0. The number of hydrogen-bond donors (Lipinski definition) is 9. The molecule has 0 radical (unpaired) electrons. The van der Waals surface area contributed by atoms with Crippen LogP contribution in [-0.2, 0) is 50.7 Å². The molecule has 2 amide bonds. The zero-order valence-electron chi connectivity index (χ0n) is 36.1. The standard InChI is InChI=1S/C37H58N7O17P3S/c1-4-5-6-7-8-9-10-11-12-13-14-15-16-17-28(46)65-21-20-39-27(45)18-19-40-35(49)32(48)37(2,3)23-58-64(55,56)61-63(53,54)57-22-26-31(60-62(50,51)52)30(47)36(59-26)44-25-43-29-33(38)41-24-42-34(29)44/h24-26,30-32,36,47-48H,4-10,15-23H2,1-3H3,(H,39,45)(H,40,49)(H,53,54)(H,55,56)(H2,38,41,42)(H2,50,51,52)/t26-,30-,31-,32+,36-/m1/s1. The summed E-state index contributed by atoms with van der Waals surface area (Å²) in [7, 11) is -16.4. The highest BCUT2D eigenvalue weighted by atomic mass is 32.2. The summed E-state index contributed by atoms with van der Waals surface area (Å²) in [5.41, 5.74) is 4.26. The molecule has 0 aromatic carbocycles. The first-order chi connectivity index (χ1) is 30.6. The van der Waals surface area contributed by atoms with Gasteiger partial charge in [0, 0.05) is 49.9 Å². The van der Waals surface area contributed by atoms with Crippen LogP contribution in [0.5, 0.6) is 0 Å². The highest BCUT2D eigenvalue weighted by Crippen LogP contribution is 2.61. The number of aromatic nitrogens is 4. The fourth-order valence-corrected chi connectivity index (χ4v) is 9.44. The molecule has 3 rings (SSSR count). The van der Waals surface area contributed by atoms with E-state index in [-0.39, 0.29) is 41.6 Å². The van der Waals surface area contributed by atoms with E-state index in [2.05, 4.69) is 65.0 Å². The molecule has 2 unspecified atom stereocenters. The van der Waals surface area contributed by atoms with Crippen molar-refractivity contribution in [2.45, 2.75) is 122 Å². The summed E-state index contributed by atoms with van der Waals surface area (Å²) in [5.74, 6) is 10.5. The Labute approximate surface area is 380 Å². The summed E-state index contributed by atoms with van der Waals surface area (Å²) in [6, 6.07) is 0. The predicted octanol–water partition coefficient (Wildman–Crippen LogP) is 2.59. The quantitative estimate of drug-likeness (QED) is 0.0336. The van der Waals surface area contributed by atoms with Gasteiger partial charge in [-0.2, -0.15) is 4.31 Å². The number of ether oxygens (including phenoxy) is 1. The number of phosphoric ester groups is 3. The molecule has 1 aliphatic rings. The van der Waals surface area contributed by atoms with Crippen LogP contribution in [0.2, 0.25) is 0 Å². The normalized spacial score (nSPS) is 19.8. The van der Waals surface area contributed by atoms with Gasteiger partial charge < -0.3 is 50.9 Å². The number of thioether (sulfide) groups is 1. The second kappa shape index (κ2) is 26.9. The minimum Gasteiger partial charge on any atom is -0.386 e. The van der Waals surface area contributed by atoms with E-state index in [1.807, 2.05) is 0 Å². The molecule has 3 heterocycles. The zero-order chi connectivity index (χ0) is 48.3. The first-order valence-electron chi connectivity index (χ1n) is 20.6. The lowest BCUT2D eigenvalue weighted by Crippen LogP contribution is -2.46. The van der Waals surface area contributed by atoms with Gasteiger partial charge in [-0.1, -0.05) is 76.5 Å². The molecular formula is C37H58N7O17P3S. The fourth-order valence-electron chi connectivity index (χ4n) is 5.90. The van der Waals surface area contributed by atoms with Crippen LogP contribution < -0.4 is 16.4 Å². The molecule has 2 aromatic heterocycles. The third-order valence-corrected chi connectivity index (χ3v) is 13.4. The summed E-state index contributed by atoms with van der Waals surface area (Å²) in [6.45, 7) is 2.66. The molecule has 1 aliphatic heterocycles. The number of aliphatic hydroxyl groups excluding tert-OH is 2. The minimum atomic E-state index is -5.58. The molecule has 0 bridgehead atoms. The Hall–Kier alpha value is -3.32. The van der Waals surface area contributed by atoms with Crippen molar-refractivity contribution in [3.05, 3.63) is 12.7 Å². The molecule has 0 aliphatic carbocycles. The lowest BCUT2D eigenvalue weighted by Gasteiger charge is -2.30. The number of nitrogen functional groups attached to an aromatic ring is 1. The molecule has 7 atom stereocenters. The number of carbonyl (C=O) groups is 3. The molecule has 2 aromatic rings. The average molecular weight is 998 g/mol. The zero-order valence-corrected chi connectivity index (χ0v) is 39.6. The largest absolute Gasteiger partial charge is 0.481 e. The van der Waals surface area contributed by atoms with E-state index in [0.29, 0.717) is 25.0 Å². The number of hydrogen-bond acceptors (Lipinski definition) is 18. The number of fused-ring (bicyclic) bond motifs is 1. The Morgan fingerprint density at radius 3 is 2.29 bits per heavy atom. The number of nitrogens with one attached hydrogen (secondary N) is 2. The topological polar surface area (TPSA) is 364 Å². The Kier molecular flexibility index (Phi) is 23.2. The molecule has 364 valence electrons. The van der Waals surface area contributed by atoms with Crippen LogP contribution in [0, 0.1) is 29.1 Å². The highest BCUT2D eigenvalue weighted by Gasteiger charge is 2.50. The van der Waals surface area contributed by atoms with Crippen LogP contribution in [-0.4, -0.2) is 123 Å². The van der Waals surface area contributed by atoms with Gasteiger partial charge >= 0.3 is 23.5 Å². The van der Waals surface area contributed by atoms with E-state index >= 15 is 0 Å². The number of nitrogens with zero attached hydrogens (tertiary/aromatic N) is 4. The summed E-state index contributed by atoms with van der Waals surface area (Å²) in [6.07, 6.45) is 2.64. The van der Waals surface area contributed by atoms with Gasteiger partial charge in [0.05, 0.1) is 19.5 Å². The summed E-state index contributed by atoms with van der Waals surface area (Å²) in [5, 5.41) is 26.5. The number of nitrogens with two attached hydrogens (primary N) is 1. The number of carbonyl (C=O) groups excluding carboxylic acids is 3. The Bertz CT molecular complexity index is 2170. The van der Waals surface area contributed by atoms with Crippen molar-refractivity contribution in [3.8, 4) is 23.7 Å². The van der Waals surface area contributed by atoms with Crippen molar-refractivity contribution in [1.82, 2.24) is 30.2 Å². The number of amides is 2. The van der Waals surface area contributed by atoms with Crippen LogP contribution in [0.1, 0.15) is 97.6 Å². The van der Waals surface area contributed by atoms with Gasteiger partial charge in [-0.15, -0.1) is 0 Å². The molecule has 1 fully saturated rings. The molecule has 1 saturated heterocycles. The molecule has 24 nitrogen and oxygen atoms in total. The fraction of sp³-hybridized carbons (Fsp3) is 0.676. The van der Waals surface area contributed by atoms with E-state index < -0.39 is 84.6 Å². The number of aliphatic hydroxyl groups is 2. The van der Waals surface area contributed by atoms with Crippen molar-refractivity contribution >= 4 is 69.1 Å². The van der Waals surface area contributed by atoms with Crippen molar-refractivity contribution in [2.75, 3.05) is 37.8 Å². The monoisotopic (exact) mass is 997 g/mol. The number of anilines is 1. The number of unbranched alkanes of at least 4 members (excludes halogenated alkanes) is 7. The SMILES string of the molecule is CCCCCCCCC#CC#CCCCC(=O)SCCNC(=O)CCNC(=O)[C@H](O)C(C)(C)COP(=O)(O)OP(=O)(O)OC[C@H]1O[C@@H](n2cnc3c(N)ncnc32)[C@H](O)[C@@H]1OP(=O)(O)O. The molecule has 10 N–H and O–H groups in total. The average Bonchev–Trinajstić information content (AvgIpc) is 3.79. The van der Waals surface area contributed by atoms with Crippen LogP contribution >= 0.6 is 35.2 Å². The van der Waals surface area contributed by atoms with Crippen molar-refractivity contribution in [2.24, 2.45) is 5.41 Å². The third-order valence-electron chi connectivity index (χ3n) is 9.34. The van der Waals surface area contributed by atoms with Gasteiger partial charge in [-0.05, 0) is 24.7 Å². The smallest absolute Gasteiger partial charge is 0.386 e. The maximum absolute atomic E-state index is 12.7. The molecule has 28 heteroatoms. The first-order valence-corrected chi connectivity index (χ1v) is 26.1. The van der Waals surface area contributed by atoms with Crippen LogP contribution in [0.3, 0.4) is 0 Å². The predicted molar refractivity (Wildman–Crippen MR) is 234 cm³/mol. The van der Waals surface area contributed by atoms with Crippen LogP contribution in [0.15, 0.2) is 12.7 Å². The highest BCUT2D eigenvalue weighted by molar-refractivity contribution is 8.13. The van der Waals surface area contributed by atoms with Gasteiger partial charge in [-0.25, -0.2) is 28.6 Å². The Morgan fingerprint density at radius 1 is 0.938 bits per heavy atom. The van der Waals surface area contributed by atoms with Crippen LogP contribution in [0.4, 0.5) is 5.82 Å². The van der Waals surface area contributed by atoms with Crippen molar-refractivity contribution < 1.29 is 80.5 Å². The van der Waals surface area contributed by atoms with E-state index in [9.17, 15) is 57.9 Å². The van der Waals surface area contributed by atoms with Gasteiger partial charge in [0.15, 0.2) is 22.8 Å². The van der Waals surface area contributed by atoms with Gasteiger partial charge in [0.1, 0.15) is 36.3 Å². The third kappa shape index (κ3) is 20.2. The Morgan fingerprint density at radius 2 is 1.60 bits per heavy atom. The van der Waals surface area contributed by atoms with Crippen LogP contribution in [0.25, 0.3) is 11.2 Å². The Balaban J connectivity index is 1.35. The van der Waals surface area contributed by atoms with Crippen molar-refractivity contribution in [1.29, 1.82) is 0 Å². The van der Waals surface area contributed by atoms with E-state index in [0.717, 1.165) is 41.8 Å². The number of rotatable bonds is 28. The summed E-state index contributed by atoms with van der Waals surface area (Å²) in [4.78, 5) is 88.1. The van der Waals surface area contributed by atoms with Gasteiger partial charge in [0.25, 0.3) is 0 Å². The lowest BCUT2D eigenvalue weighted by molar-refractivity contribution is -0.137. The molecule has 0 saturated carbocycles. The second-order valence-electron chi connectivity index (χ2n) is 15.3. The number of phosphoric acid groups is 3.